The van der Waals surface area contributed by atoms with Crippen molar-refractivity contribution in [2.24, 2.45) is 17.6 Å². The number of amides is 9. The molecular formula is C46H64N10O12. The molecule has 2 aromatic carbocycles. The van der Waals surface area contributed by atoms with Gasteiger partial charge in [-0.2, -0.15) is 0 Å². The fraction of sp³-hybridized carbons (Fsp3) is 0.522. The molecule has 0 unspecified atom stereocenters. The van der Waals surface area contributed by atoms with Crippen molar-refractivity contribution in [2.75, 3.05) is 39.3 Å². The number of carbonyl (C=O) groups is 10. The van der Waals surface area contributed by atoms with Crippen molar-refractivity contribution in [3.05, 3.63) is 65.7 Å². The molecule has 0 aliphatic carbocycles. The molecule has 0 bridgehead atoms. The summed E-state index contributed by atoms with van der Waals surface area (Å²) < 4.78 is 0. The minimum atomic E-state index is -1.30. The maximum Gasteiger partial charge on any atom is 0.322 e. The molecule has 11 N–H and O–H groups in total. The second kappa shape index (κ2) is 25.7. The summed E-state index contributed by atoms with van der Waals surface area (Å²) >= 11 is 0. The maximum absolute atomic E-state index is 13.9. The predicted octanol–water partition coefficient (Wildman–Crippen LogP) is -2.20. The Balaban J connectivity index is 1.32. The van der Waals surface area contributed by atoms with Gasteiger partial charge in [-0.05, 0) is 60.8 Å². The van der Waals surface area contributed by atoms with Crippen molar-refractivity contribution in [2.45, 2.75) is 102 Å². The highest BCUT2D eigenvalue weighted by molar-refractivity contribution is 5.97. The molecule has 2 aliphatic rings. The van der Waals surface area contributed by atoms with Crippen LogP contribution < -0.4 is 43.0 Å². The Labute approximate surface area is 394 Å². The second-order valence-electron chi connectivity index (χ2n) is 17.5. The highest BCUT2D eigenvalue weighted by Gasteiger charge is 2.40. The molecule has 2 fully saturated rings. The van der Waals surface area contributed by atoms with Crippen LogP contribution in [-0.2, 0) is 60.8 Å². The molecule has 0 aromatic heterocycles. The van der Waals surface area contributed by atoms with Crippen LogP contribution >= 0.6 is 0 Å². The maximum atomic E-state index is 13.9. The quantitative estimate of drug-likeness (QED) is 0.0567. The first kappa shape index (κ1) is 53.5. The second-order valence-corrected chi connectivity index (χ2v) is 17.5. The van der Waals surface area contributed by atoms with Crippen LogP contribution in [0.4, 0.5) is 0 Å². The van der Waals surface area contributed by atoms with Crippen molar-refractivity contribution >= 4 is 59.1 Å². The predicted molar refractivity (Wildman–Crippen MR) is 245 cm³/mol. The summed E-state index contributed by atoms with van der Waals surface area (Å²) in [5.74, 6) is -7.77. The van der Waals surface area contributed by atoms with Gasteiger partial charge in [0.25, 0.3) is 0 Å². The van der Waals surface area contributed by atoms with Gasteiger partial charge in [-0.3, -0.25) is 47.9 Å². The highest BCUT2D eigenvalue weighted by Crippen LogP contribution is 2.22. The monoisotopic (exact) mass is 948 g/mol. The Morgan fingerprint density at radius 3 is 1.50 bits per heavy atom. The van der Waals surface area contributed by atoms with Gasteiger partial charge in [0.1, 0.15) is 42.5 Å². The number of benzene rings is 2. The van der Waals surface area contributed by atoms with Gasteiger partial charge in [0.05, 0.1) is 25.7 Å². The Morgan fingerprint density at radius 2 is 1.03 bits per heavy atom. The van der Waals surface area contributed by atoms with Crippen LogP contribution in [0.25, 0.3) is 0 Å². The number of nitrogens with two attached hydrogens (primary N) is 1. The minimum Gasteiger partial charge on any atom is -0.508 e. The Morgan fingerprint density at radius 1 is 0.588 bits per heavy atom. The molecule has 2 saturated heterocycles. The lowest BCUT2D eigenvalue weighted by Crippen LogP contribution is -2.57. The molecule has 2 aliphatic heterocycles. The number of hydrogen-bond acceptors (Lipinski definition) is 12. The molecule has 2 heterocycles. The van der Waals surface area contributed by atoms with Crippen LogP contribution in [0.1, 0.15) is 64.5 Å². The Bertz CT molecular complexity index is 2140. The number of likely N-dealkylation sites (tertiary alicyclic amines) is 2. The first-order valence-electron chi connectivity index (χ1n) is 22.6. The zero-order valence-corrected chi connectivity index (χ0v) is 38.7. The van der Waals surface area contributed by atoms with Crippen LogP contribution in [0.3, 0.4) is 0 Å². The summed E-state index contributed by atoms with van der Waals surface area (Å²) in [6, 6.07) is 8.46. The molecule has 0 saturated carbocycles. The summed E-state index contributed by atoms with van der Waals surface area (Å²) in [5, 5.41) is 36.1. The van der Waals surface area contributed by atoms with E-state index in [4.69, 9.17) is 10.8 Å². The van der Waals surface area contributed by atoms with E-state index in [2.05, 4.69) is 37.2 Å². The molecule has 9 amide bonds. The lowest BCUT2D eigenvalue weighted by Gasteiger charge is -2.30. The number of aliphatic carboxylic acids is 1. The Kier molecular flexibility index (Phi) is 20.2. The third-order valence-electron chi connectivity index (χ3n) is 11.6. The van der Waals surface area contributed by atoms with E-state index >= 15 is 0 Å². The molecule has 4 rings (SSSR count). The van der Waals surface area contributed by atoms with Gasteiger partial charge in [0.2, 0.25) is 53.2 Å². The van der Waals surface area contributed by atoms with E-state index in [1.165, 1.54) is 34.1 Å². The number of hydrogen-bond donors (Lipinski definition) is 10. The molecule has 22 nitrogen and oxygen atoms in total. The fourth-order valence-electron chi connectivity index (χ4n) is 7.77. The number of carboxylic acids is 1. The van der Waals surface area contributed by atoms with Crippen molar-refractivity contribution in [3.63, 3.8) is 0 Å². The van der Waals surface area contributed by atoms with Crippen LogP contribution in [0.15, 0.2) is 54.6 Å². The zero-order chi connectivity index (χ0) is 50.1. The minimum absolute atomic E-state index is 0.0242. The third-order valence-corrected chi connectivity index (χ3v) is 11.6. The zero-order valence-electron chi connectivity index (χ0n) is 38.7. The topological polar surface area (TPSA) is 328 Å². The molecule has 68 heavy (non-hydrogen) atoms. The number of aromatic hydroxyl groups is 1. The van der Waals surface area contributed by atoms with E-state index in [1.807, 2.05) is 13.8 Å². The smallest absolute Gasteiger partial charge is 0.322 e. The number of nitrogens with one attached hydrogen (secondary N) is 7. The number of phenolic OH excluding ortho intramolecular Hbond substituents is 1. The molecule has 6 atom stereocenters. The van der Waals surface area contributed by atoms with Gasteiger partial charge in [-0.25, -0.2) is 0 Å². The molecule has 0 spiro atoms. The number of nitrogens with zero attached hydrogens (tertiary/aromatic N) is 2. The van der Waals surface area contributed by atoms with Crippen molar-refractivity contribution in [3.8, 4) is 5.75 Å². The molecular weight excluding hydrogens is 885 g/mol. The van der Waals surface area contributed by atoms with Gasteiger partial charge in [0, 0.05) is 25.9 Å². The summed E-state index contributed by atoms with van der Waals surface area (Å²) in [6.07, 6.45) is 1.65. The van der Waals surface area contributed by atoms with E-state index in [-0.39, 0.29) is 43.4 Å². The van der Waals surface area contributed by atoms with E-state index < -0.39 is 122 Å². The van der Waals surface area contributed by atoms with Crippen LogP contribution in [-0.4, -0.2) is 155 Å². The highest BCUT2D eigenvalue weighted by atomic mass is 16.4. The van der Waals surface area contributed by atoms with Gasteiger partial charge in [-0.15, -0.1) is 0 Å². The number of carboxylic acid groups (broad SMARTS) is 1. The molecule has 2 aromatic rings. The number of phenols is 1. The number of carbonyl (C=O) groups excluding carboxylic acids is 9. The third kappa shape index (κ3) is 16.1. The SMILES string of the molecule is CC(C)[C@H](N)C(=O)N1CCC[C@H]1C(=O)NCC(=O)N[C@@H](Cc1ccccc1)C(=O)NCC(=O)N[C@H](C(=O)N1CCC[C@H]1C(=O)NCC(=O)N[C@@H](Cc1ccc(O)cc1)C(=O)NCC(=O)O)C(C)C. The van der Waals surface area contributed by atoms with Crippen molar-refractivity contribution < 1.29 is 58.2 Å². The Hall–Kier alpha value is -7.10. The average molecular weight is 949 g/mol. The summed E-state index contributed by atoms with van der Waals surface area (Å²) in [4.78, 5) is 133. The van der Waals surface area contributed by atoms with Crippen molar-refractivity contribution in [1.82, 2.24) is 47.0 Å². The van der Waals surface area contributed by atoms with Gasteiger partial charge in [0.15, 0.2) is 0 Å². The molecule has 22 heteroatoms. The van der Waals surface area contributed by atoms with E-state index in [0.29, 0.717) is 36.9 Å². The van der Waals surface area contributed by atoms with Gasteiger partial charge >= 0.3 is 5.97 Å². The van der Waals surface area contributed by atoms with Crippen LogP contribution in [0.2, 0.25) is 0 Å². The van der Waals surface area contributed by atoms with Crippen molar-refractivity contribution in [1.29, 1.82) is 0 Å². The standard InChI is InChI=1S/C46H64N10O12/c1-26(2)39(47)45(67)55-18-8-12-33(55)43(65)49-22-35(58)52-31(20-28-10-6-5-7-11-28)41(63)48-24-37(60)54-40(27(3)4)46(68)56-19-9-13-34(56)44(66)50-23-36(59)53-32(42(64)51-25-38(61)62)21-29-14-16-30(57)17-15-29/h5-7,10-11,14-17,26-27,31-34,39-40,57H,8-9,12-13,18-25,47H2,1-4H3,(H,48,63)(H,49,65)(H,50,66)(H,51,64)(H,52,58)(H,53,59)(H,54,60)(H,61,62)/t31-,32-,33-,34-,39-,40-/m0/s1. The van der Waals surface area contributed by atoms with Crippen LogP contribution in [0, 0.1) is 11.8 Å². The fourth-order valence-corrected chi connectivity index (χ4v) is 7.77. The normalized spacial score (nSPS) is 17.3. The van der Waals surface area contributed by atoms with Gasteiger partial charge in [-0.1, -0.05) is 70.2 Å². The lowest BCUT2D eigenvalue weighted by atomic mass is 10.0. The number of rotatable bonds is 23. The first-order chi connectivity index (χ1) is 32.2. The van der Waals surface area contributed by atoms with E-state index in [1.54, 1.807) is 44.2 Å². The largest absolute Gasteiger partial charge is 0.508 e. The summed E-state index contributed by atoms with van der Waals surface area (Å²) in [6.45, 7) is 5.15. The summed E-state index contributed by atoms with van der Waals surface area (Å²) in [7, 11) is 0. The molecule has 0 radical (unpaired) electrons. The molecule has 370 valence electrons. The van der Waals surface area contributed by atoms with E-state index in [9.17, 15) is 53.1 Å². The van der Waals surface area contributed by atoms with Crippen LogP contribution in [0.5, 0.6) is 5.75 Å². The summed E-state index contributed by atoms with van der Waals surface area (Å²) in [5.41, 5.74) is 7.29. The van der Waals surface area contributed by atoms with E-state index in [0.717, 1.165) is 0 Å². The first-order valence-corrected chi connectivity index (χ1v) is 22.6. The average Bonchev–Trinajstić information content (AvgIpc) is 4.01. The lowest BCUT2D eigenvalue weighted by molar-refractivity contribution is -0.142. The van der Waals surface area contributed by atoms with Gasteiger partial charge < -0.3 is 63.0 Å².